The van der Waals surface area contributed by atoms with Crippen LogP contribution in [-0.2, 0) is 21.8 Å². The van der Waals surface area contributed by atoms with Crippen molar-refractivity contribution in [3.05, 3.63) is 125 Å². The first-order valence-electron chi connectivity index (χ1n) is 14.2. The first-order chi connectivity index (χ1) is 21.4. The Morgan fingerprint density at radius 2 is 1.73 bits per heavy atom. The van der Waals surface area contributed by atoms with Crippen molar-refractivity contribution in [1.29, 1.82) is 0 Å². The highest BCUT2D eigenvalue weighted by Crippen LogP contribution is 2.44. The number of Topliss-reactive ketones (excluding diaryl/α,β-unsaturated/α-hetero) is 1. The highest BCUT2D eigenvalue weighted by Gasteiger charge is 2.48. The van der Waals surface area contributed by atoms with Gasteiger partial charge in [-0.05, 0) is 52.9 Å². The molecule has 10 heteroatoms. The van der Waals surface area contributed by atoms with Gasteiger partial charge in [-0.1, -0.05) is 103 Å². The maximum absolute atomic E-state index is 13.7. The summed E-state index contributed by atoms with van der Waals surface area (Å²) in [4.78, 5) is 33.4. The Bertz CT molecular complexity index is 2090. The number of hydrogen-bond acceptors (Lipinski definition) is 8. The number of benzene rings is 3. The van der Waals surface area contributed by atoms with E-state index in [-0.39, 0.29) is 11.3 Å². The number of hydrogen-bond donors (Lipinski definition) is 1. The molecule has 8 nitrogen and oxygen atoms in total. The summed E-state index contributed by atoms with van der Waals surface area (Å²) >= 11 is 2.78. The van der Waals surface area contributed by atoms with Crippen LogP contribution >= 0.6 is 23.1 Å². The number of aliphatic hydroxyl groups excluding tert-OH is 1. The van der Waals surface area contributed by atoms with Crippen LogP contribution in [0.2, 0.25) is 0 Å². The SMILES string of the molecule is CCc1ccc(C2C(=C(O)c3c(C)nc4ccccn34)C(=O)C(=O)N2c2nnc(SCc3cccc4ccccc34)s2)cc1. The van der Waals surface area contributed by atoms with E-state index in [1.807, 2.05) is 60.7 Å². The second-order valence-corrected chi connectivity index (χ2v) is 12.7. The van der Waals surface area contributed by atoms with Crippen LogP contribution in [0.25, 0.3) is 22.2 Å². The molecule has 3 aromatic heterocycles. The molecule has 1 saturated heterocycles. The zero-order valence-corrected chi connectivity index (χ0v) is 25.6. The Balaban J connectivity index is 1.29. The summed E-state index contributed by atoms with van der Waals surface area (Å²) in [6.45, 7) is 3.83. The van der Waals surface area contributed by atoms with Crippen molar-refractivity contribution in [1.82, 2.24) is 19.6 Å². The molecule has 44 heavy (non-hydrogen) atoms. The number of amides is 1. The minimum atomic E-state index is -0.890. The Hall–Kier alpha value is -4.80. The Kier molecular flexibility index (Phi) is 7.23. The van der Waals surface area contributed by atoms with Gasteiger partial charge in [0.2, 0.25) is 5.13 Å². The lowest BCUT2D eigenvalue weighted by atomic mass is 9.95. The standard InChI is InChI=1S/C34H27N5O3S2/c1-3-21-14-16-23(17-15-21)29-27(30(40)28-20(2)35-26-13-6-7-18-38(26)28)31(41)32(42)39(29)33-36-37-34(44-33)43-19-24-11-8-10-22-9-4-5-12-25(22)24/h4-18,29,40H,3,19H2,1-2H3. The van der Waals surface area contributed by atoms with Crippen molar-refractivity contribution in [2.45, 2.75) is 36.4 Å². The monoisotopic (exact) mass is 617 g/mol. The number of imidazole rings is 1. The maximum Gasteiger partial charge on any atom is 0.301 e. The molecule has 218 valence electrons. The Labute approximate surface area is 261 Å². The number of fused-ring (bicyclic) bond motifs is 2. The van der Waals surface area contributed by atoms with E-state index >= 15 is 0 Å². The van der Waals surface area contributed by atoms with Crippen molar-refractivity contribution in [3.8, 4) is 0 Å². The van der Waals surface area contributed by atoms with Gasteiger partial charge in [-0.25, -0.2) is 4.98 Å². The third-order valence-electron chi connectivity index (χ3n) is 7.91. The van der Waals surface area contributed by atoms with Crippen molar-refractivity contribution in [3.63, 3.8) is 0 Å². The first-order valence-corrected chi connectivity index (χ1v) is 16.0. The second kappa shape index (κ2) is 11.4. The third-order valence-corrected chi connectivity index (χ3v) is 10.0. The molecule has 0 saturated carbocycles. The number of pyridine rings is 1. The van der Waals surface area contributed by atoms with Gasteiger partial charge >= 0.3 is 5.91 Å². The van der Waals surface area contributed by atoms with E-state index in [9.17, 15) is 14.7 Å². The molecule has 1 aliphatic rings. The average molecular weight is 618 g/mol. The number of anilines is 1. The molecule has 0 spiro atoms. The predicted octanol–water partition coefficient (Wildman–Crippen LogP) is 7.13. The lowest BCUT2D eigenvalue weighted by molar-refractivity contribution is -0.132. The molecule has 1 N–H and O–H groups in total. The molecule has 1 fully saturated rings. The van der Waals surface area contributed by atoms with Crippen LogP contribution in [0.3, 0.4) is 0 Å². The predicted molar refractivity (Wildman–Crippen MR) is 174 cm³/mol. The molecule has 1 atom stereocenters. The summed E-state index contributed by atoms with van der Waals surface area (Å²) in [5.74, 6) is -1.15. The fraction of sp³-hybridized carbons (Fsp3) is 0.147. The zero-order valence-electron chi connectivity index (χ0n) is 24.0. The number of aryl methyl sites for hydroxylation is 2. The lowest BCUT2D eigenvalue weighted by Crippen LogP contribution is -2.29. The van der Waals surface area contributed by atoms with Gasteiger partial charge in [0.05, 0.1) is 17.3 Å². The molecule has 1 unspecified atom stereocenters. The highest BCUT2D eigenvalue weighted by atomic mass is 32.2. The van der Waals surface area contributed by atoms with Gasteiger partial charge in [-0.15, -0.1) is 10.2 Å². The molecule has 3 aromatic carbocycles. The number of ketones is 1. The van der Waals surface area contributed by atoms with E-state index in [4.69, 9.17) is 0 Å². The molecule has 0 aliphatic carbocycles. The van der Waals surface area contributed by atoms with Gasteiger partial charge in [-0.2, -0.15) is 0 Å². The van der Waals surface area contributed by atoms with Gasteiger partial charge < -0.3 is 5.11 Å². The molecule has 7 rings (SSSR count). The van der Waals surface area contributed by atoms with Gasteiger partial charge in [-0.3, -0.25) is 18.9 Å². The third kappa shape index (κ3) is 4.76. The van der Waals surface area contributed by atoms with E-state index in [1.165, 1.54) is 44.3 Å². The molecule has 0 radical (unpaired) electrons. The minimum Gasteiger partial charge on any atom is -0.505 e. The van der Waals surface area contributed by atoms with Crippen molar-refractivity contribution < 1.29 is 14.7 Å². The lowest BCUT2D eigenvalue weighted by Gasteiger charge is -2.22. The van der Waals surface area contributed by atoms with Gasteiger partial charge in [0.15, 0.2) is 10.1 Å². The number of aliphatic hydroxyl groups is 1. The number of rotatable bonds is 7. The second-order valence-electron chi connectivity index (χ2n) is 10.5. The Morgan fingerprint density at radius 3 is 2.55 bits per heavy atom. The van der Waals surface area contributed by atoms with E-state index in [2.05, 4.69) is 46.4 Å². The fourth-order valence-corrected chi connectivity index (χ4v) is 7.59. The highest BCUT2D eigenvalue weighted by molar-refractivity contribution is 8.00. The van der Waals surface area contributed by atoms with Crippen molar-refractivity contribution >= 4 is 62.1 Å². The smallest absolute Gasteiger partial charge is 0.301 e. The fourth-order valence-electron chi connectivity index (χ4n) is 5.72. The summed E-state index contributed by atoms with van der Waals surface area (Å²) in [6.07, 6.45) is 2.62. The summed E-state index contributed by atoms with van der Waals surface area (Å²) in [6, 6.07) is 26.8. The van der Waals surface area contributed by atoms with Gasteiger partial charge in [0, 0.05) is 11.9 Å². The number of nitrogens with zero attached hydrogens (tertiary/aromatic N) is 5. The van der Waals surface area contributed by atoms with Crippen molar-refractivity contribution in [2.24, 2.45) is 0 Å². The molecule has 1 aliphatic heterocycles. The van der Waals surface area contributed by atoms with Crippen LogP contribution in [0, 0.1) is 6.92 Å². The quantitative estimate of drug-likeness (QED) is 0.0669. The minimum absolute atomic E-state index is 0.00633. The molecule has 6 aromatic rings. The summed E-state index contributed by atoms with van der Waals surface area (Å²) in [5, 5.41) is 23.1. The first kappa shape index (κ1) is 28.0. The van der Waals surface area contributed by atoms with E-state index in [1.54, 1.807) is 17.5 Å². The zero-order chi connectivity index (χ0) is 30.4. The number of thioether (sulfide) groups is 1. The topological polar surface area (TPSA) is 101 Å². The van der Waals surface area contributed by atoms with Crippen LogP contribution < -0.4 is 4.90 Å². The Morgan fingerprint density at radius 1 is 0.955 bits per heavy atom. The van der Waals surface area contributed by atoms with Crippen molar-refractivity contribution in [2.75, 3.05) is 4.90 Å². The van der Waals surface area contributed by atoms with Crippen LogP contribution in [-0.4, -0.2) is 36.4 Å². The van der Waals surface area contributed by atoms with E-state index < -0.39 is 17.7 Å². The summed E-state index contributed by atoms with van der Waals surface area (Å²) < 4.78 is 2.40. The van der Waals surface area contributed by atoms with E-state index in [0.29, 0.717) is 37.8 Å². The normalized spacial score (nSPS) is 16.4. The number of carbonyl (C=O) groups excluding carboxylic acids is 2. The molecule has 4 heterocycles. The van der Waals surface area contributed by atoms with E-state index in [0.717, 1.165) is 12.0 Å². The molecule has 1 amide bonds. The summed E-state index contributed by atoms with van der Waals surface area (Å²) in [5.41, 5.74) is 4.51. The van der Waals surface area contributed by atoms with Crippen LogP contribution in [0.4, 0.5) is 5.13 Å². The molecule has 0 bridgehead atoms. The van der Waals surface area contributed by atoms with Gasteiger partial charge in [0.25, 0.3) is 5.78 Å². The number of aromatic nitrogens is 4. The maximum atomic E-state index is 13.7. The van der Waals surface area contributed by atoms with Gasteiger partial charge in [0.1, 0.15) is 11.3 Å². The number of carbonyl (C=O) groups is 2. The van der Waals surface area contributed by atoms with Crippen LogP contribution in [0.5, 0.6) is 0 Å². The van der Waals surface area contributed by atoms with Crippen LogP contribution in [0.15, 0.2) is 101 Å². The molecular weight excluding hydrogens is 591 g/mol. The summed E-state index contributed by atoms with van der Waals surface area (Å²) in [7, 11) is 0. The molecular formula is C34H27N5O3S2. The van der Waals surface area contributed by atoms with Crippen LogP contribution in [0.1, 0.15) is 41.0 Å². The average Bonchev–Trinajstić information content (AvgIpc) is 3.73. The largest absolute Gasteiger partial charge is 0.505 e.